The monoisotopic (exact) mass is 839 g/mol. The highest BCUT2D eigenvalue weighted by Crippen LogP contribution is 2.52. The summed E-state index contributed by atoms with van der Waals surface area (Å²) in [5.74, 6) is 0.832. The zero-order valence-electron chi connectivity index (χ0n) is 35.6. The largest absolute Gasteiger partial charge is 0.491 e. The maximum Gasteiger partial charge on any atom is 0.408 e. The fraction of sp³-hybridized carbons (Fsp3) is 0.682. The zero-order chi connectivity index (χ0) is 42.2. The lowest BCUT2D eigenvalue weighted by Crippen LogP contribution is -2.59. The zero-order valence-corrected chi connectivity index (χ0v) is 36.3. The minimum absolute atomic E-state index is 0.0541. The molecule has 3 saturated carbocycles. The van der Waals surface area contributed by atoms with Gasteiger partial charge in [-0.25, -0.2) is 9.59 Å². The highest BCUT2D eigenvalue weighted by atomic mass is 35.5. The molecule has 15 heteroatoms. The Balaban J connectivity index is 1.13. The first-order valence-electron chi connectivity index (χ1n) is 21.3. The minimum Gasteiger partial charge on any atom is -0.491 e. The molecule has 7 rings (SSSR count). The van der Waals surface area contributed by atoms with Crippen molar-refractivity contribution in [3.05, 3.63) is 40.4 Å². The van der Waals surface area contributed by atoms with Crippen LogP contribution >= 0.6 is 11.6 Å². The number of nitrogens with zero attached hydrogens (tertiary/aromatic N) is 2. The molecule has 9 atom stereocenters. The number of halogens is 1. The molecule has 0 radical (unpaired) electrons. The Morgan fingerprint density at radius 1 is 1.07 bits per heavy atom. The molecule has 2 unspecified atom stereocenters. The first-order valence-corrected chi connectivity index (χ1v) is 21.7. The lowest BCUT2D eigenvalue weighted by atomic mass is 9.85. The van der Waals surface area contributed by atoms with Crippen LogP contribution in [0.3, 0.4) is 0 Å². The molecule has 6 aliphatic rings. The van der Waals surface area contributed by atoms with Crippen molar-refractivity contribution in [2.45, 2.75) is 116 Å². The topological polar surface area (TPSA) is 157 Å². The van der Waals surface area contributed by atoms with E-state index >= 15 is 0 Å². The van der Waals surface area contributed by atoms with Crippen LogP contribution in [0.25, 0.3) is 5.76 Å². The number of methoxy groups -OCH3 is 1. The van der Waals surface area contributed by atoms with Crippen molar-refractivity contribution >= 4 is 46.9 Å². The van der Waals surface area contributed by atoms with E-state index in [9.17, 15) is 19.2 Å². The highest BCUT2D eigenvalue weighted by Gasteiger charge is 2.62. The van der Waals surface area contributed by atoms with Crippen LogP contribution in [-0.4, -0.2) is 123 Å². The SMILES string of the molecule is CC[C@@H]1C[C@]1(NC(=O)[C@@H]1C[C@@H](OC2=CC(C=C(C)C)Nc3c2ccc(OCCN2CCOCC2)c3Cl)CN1C(=O)[C@@H](NC(=O)OC1C[C@@H]2C[C@@H]2C1)C(C)(C)C)C(=O)OC. The van der Waals surface area contributed by atoms with Gasteiger partial charge in [0.1, 0.15) is 53.0 Å². The van der Waals surface area contributed by atoms with E-state index in [2.05, 4.69) is 26.9 Å². The number of amides is 3. The number of carbonyl (C=O) groups excluding carboxylic acids is 4. The lowest BCUT2D eigenvalue weighted by Gasteiger charge is -2.35. The number of hydrogen-bond acceptors (Lipinski definition) is 11. The standard InChI is InChI=1S/C44H62ClN5O9/c1-8-28-23-44(28,41(53)55-7)48-39(51)33-22-31(24-50(33)40(52)38(43(4,5)6)47-42(54)59-30-19-26-18-27(26)20-30)58-35-21-29(17-25(2)3)46-37-32(35)9-10-34(36(37)45)57-16-13-49-11-14-56-15-12-49/h9-10,17,21,26-31,33,38,46H,8,11-16,18-20,22-24H2,1-7H3,(H,47,54)(H,48,51)/t26-,27+,28-,29?,30?,31-,33+,38-,44-/m1/s1. The Labute approximate surface area is 353 Å². The van der Waals surface area contributed by atoms with Crippen LogP contribution in [0.1, 0.15) is 85.6 Å². The van der Waals surface area contributed by atoms with E-state index < -0.39 is 53.0 Å². The summed E-state index contributed by atoms with van der Waals surface area (Å²) in [6.07, 6.45) is 6.73. The van der Waals surface area contributed by atoms with Gasteiger partial charge in [0.15, 0.2) is 0 Å². The van der Waals surface area contributed by atoms with E-state index in [1.54, 1.807) is 0 Å². The molecule has 0 spiro atoms. The lowest BCUT2D eigenvalue weighted by molar-refractivity contribution is -0.148. The predicted octanol–water partition coefficient (Wildman–Crippen LogP) is 5.54. The Morgan fingerprint density at radius 2 is 1.80 bits per heavy atom. The number of nitrogens with one attached hydrogen (secondary N) is 3. The normalized spacial score (nSPS) is 30.1. The number of hydrogen-bond donors (Lipinski definition) is 3. The second-order valence-electron chi connectivity index (χ2n) is 18.5. The molecule has 3 aliphatic carbocycles. The van der Waals surface area contributed by atoms with E-state index in [-0.39, 0.29) is 31.0 Å². The number of morpholine rings is 1. The fourth-order valence-corrected chi connectivity index (χ4v) is 9.60. The molecule has 3 N–H and O–H groups in total. The van der Waals surface area contributed by atoms with Crippen molar-refractivity contribution in [1.82, 2.24) is 20.4 Å². The van der Waals surface area contributed by atoms with Crippen molar-refractivity contribution < 1.29 is 42.9 Å². The summed E-state index contributed by atoms with van der Waals surface area (Å²) < 4.78 is 29.4. The third-order valence-electron chi connectivity index (χ3n) is 12.8. The molecular weight excluding hydrogens is 778 g/mol. The number of alkyl carbamates (subject to hydrolysis) is 1. The van der Waals surface area contributed by atoms with Gasteiger partial charge in [0.2, 0.25) is 11.8 Å². The highest BCUT2D eigenvalue weighted by molar-refractivity contribution is 6.35. The molecule has 0 bridgehead atoms. The molecule has 14 nitrogen and oxygen atoms in total. The maximum absolute atomic E-state index is 14.8. The van der Waals surface area contributed by atoms with E-state index in [4.69, 9.17) is 35.3 Å². The second kappa shape index (κ2) is 17.5. The summed E-state index contributed by atoms with van der Waals surface area (Å²) in [6.45, 7) is 16.0. The smallest absolute Gasteiger partial charge is 0.408 e. The molecule has 3 aliphatic heterocycles. The molecule has 324 valence electrons. The van der Waals surface area contributed by atoms with Gasteiger partial charge < -0.3 is 44.5 Å². The minimum atomic E-state index is -1.16. The Bertz CT molecular complexity index is 1830. The van der Waals surface area contributed by atoms with Crippen LogP contribution in [0.2, 0.25) is 5.02 Å². The average Bonchev–Trinajstić information content (AvgIpc) is 4.00. The number of fused-ring (bicyclic) bond motifs is 2. The van der Waals surface area contributed by atoms with Crippen LogP contribution in [-0.2, 0) is 33.3 Å². The van der Waals surface area contributed by atoms with Crippen molar-refractivity contribution in [1.29, 1.82) is 0 Å². The summed E-state index contributed by atoms with van der Waals surface area (Å²) in [5, 5.41) is 9.82. The number of carbonyl (C=O) groups is 4. The van der Waals surface area contributed by atoms with Gasteiger partial charge in [-0.15, -0.1) is 0 Å². The molecule has 5 fully saturated rings. The molecule has 59 heavy (non-hydrogen) atoms. The van der Waals surface area contributed by atoms with Crippen LogP contribution in [0, 0.1) is 23.2 Å². The third kappa shape index (κ3) is 9.65. The van der Waals surface area contributed by atoms with Crippen molar-refractivity contribution in [3.63, 3.8) is 0 Å². The molecule has 3 heterocycles. The Hall–Kier alpha value is -4.01. The summed E-state index contributed by atoms with van der Waals surface area (Å²) in [5.41, 5.74) is 0.561. The summed E-state index contributed by atoms with van der Waals surface area (Å²) in [4.78, 5) is 59.3. The first-order chi connectivity index (χ1) is 28.1. The number of likely N-dealkylation sites (tertiary alicyclic amines) is 1. The summed E-state index contributed by atoms with van der Waals surface area (Å²) >= 11 is 7.06. The van der Waals surface area contributed by atoms with E-state index in [1.807, 2.05) is 59.8 Å². The second-order valence-corrected chi connectivity index (χ2v) is 18.9. The van der Waals surface area contributed by atoms with Crippen LogP contribution in [0.4, 0.5) is 10.5 Å². The van der Waals surface area contributed by atoms with Crippen molar-refractivity contribution in [2.75, 3.05) is 58.4 Å². The average molecular weight is 840 g/mol. The number of esters is 1. The number of rotatable bonds is 14. The fourth-order valence-electron chi connectivity index (χ4n) is 9.33. The van der Waals surface area contributed by atoms with Gasteiger partial charge in [-0.2, -0.15) is 0 Å². The van der Waals surface area contributed by atoms with E-state index in [0.717, 1.165) is 43.6 Å². The van der Waals surface area contributed by atoms with Gasteiger partial charge >= 0.3 is 12.1 Å². The van der Waals surface area contributed by atoms with Gasteiger partial charge in [-0.1, -0.05) is 57.4 Å². The van der Waals surface area contributed by atoms with E-state index in [1.165, 1.54) is 18.4 Å². The first kappa shape index (κ1) is 43.1. The molecular formula is C44H62ClN5O9. The van der Waals surface area contributed by atoms with E-state index in [0.29, 0.717) is 66.7 Å². The summed E-state index contributed by atoms with van der Waals surface area (Å²) in [7, 11) is 1.31. The van der Waals surface area contributed by atoms with Crippen molar-refractivity contribution in [3.8, 4) is 5.75 Å². The Kier molecular flexibility index (Phi) is 12.8. The van der Waals surface area contributed by atoms with Crippen LogP contribution in [0.15, 0.2) is 29.9 Å². The predicted molar refractivity (Wildman–Crippen MR) is 223 cm³/mol. The third-order valence-corrected chi connectivity index (χ3v) is 13.2. The van der Waals surface area contributed by atoms with Crippen molar-refractivity contribution in [2.24, 2.45) is 23.2 Å². The molecule has 1 aromatic carbocycles. The number of ether oxygens (including phenoxy) is 5. The molecule has 3 amide bonds. The van der Waals surface area contributed by atoms with Gasteiger partial charge in [0.25, 0.3) is 0 Å². The van der Waals surface area contributed by atoms with Crippen LogP contribution in [0.5, 0.6) is 5.75 Å². The number of allylic oxidation sites excluding steroid dienone is 1. The molecule has 1 aromatic rings. The Morgan fingerprint density at radius 3 is 2.44 bits per heavy atom. The quantitative estimate of drug-likeness (QED) is 0.160. The maximum atomic E-state index is 14.8. The summed E-state index contributed by atoms with van der Waals surface area (Å²) in [6, 6.07) is 1.45. The van der Waals surface area contributed by atoms with Gasteiger partial charge in [-0.3, -0.25) is 14.5 Å². The van der Waals surface area contributed by atoms with Gasteiger partial charge in [0.05, 0.1) is 38.6 Å². The van der Waals surface area contributed by atoms with Gasteiger partial charge in [0, 0.05) is 31.6 Å². The number of benzene rings is 1. The number of anilines is 1. The molecule has 0 aromatic heterocycles. The van der Waals surface area contributed by atoms with Crippen LogP contribution < -0.4 is 20.7 Å². The molecule has 2 saturated heterocycles. The van der Waals surface area contributed by atoms with Gasteiger partial charge in [-0.05, 0) is 80.9 Å².